The summed E-state index contributed by atoms with van der Waals surface area (Å²) < 4.78 is 31.7. The third kappa shape index (κ3) is 5.00. The Morgan fingerprint density at radius 3 is 2.62 bits per heavy atom. The molecule has 0 aliphatic rings. The van der Waals surface area contributed by atoms with Gasteiger partial charge in [0.05, 0.1) is 11.5 Å². The lowest BCUT2D eigenvalue weighted by Gasteiger charge is -2.10. The van der Waals surface area contributed by atoms with Gasteiger partial charge in [-0.1, -0.05) is 0 Å². The zero-order valence-corrected chi connectivity index (χ0v) is 12.9. The van der Waals surface area contributed by atoms with Crippen LogP contribution < -0.4 is 14.8 Å². The van der Waals surface area contributed by atoms with Crippen molar-refractivity contribution in [3.05, 3.63) is 23.8 Å². The molecule has 0 unspecified atom stereocenters. The summed E-state index contributed by atoms with van der Waals surface area (Å²) in [6, 6.07) is 3.79. The van der Waals surface area contributed by atoms with Crippen molar-refractivity contribution in [1.29, 1.82) is 0 Å². The van der Waals surface area contributed by atoms with Gasteiger partial charge in [-0.15, -0.1) is 0 Å². The van der Waals surface area contributed by atoms with E-state index in [2.05, 4.69) is 10.0 Å². The van der Waals surface area contributed by atoms with Crippen LogP contribution in [0.15, 0.2) is 23.1 Å². The zero-order valence-electron chi connectivity index (χ0n) is 12.0. The molecule has 7 nitrogen and oxygen atoms in total. The van der Waals surface area contributed by atoms with Crippen molar-refractivity contribution in [1.82, 2.24) is 10.0 Å². The van der Waals surface area contributed by atoms with Gasteiger partial charge in [-0.2, -0.15) is 0 Å². The van der Waals surface area contributed by atoms with Crippen molar-refractivity contribution < 1.29 is 23.1 Å². The molecule has 21 heavy (non-hydrogen) atoms. The van der Waals surface area contributed by atoms with E-state index >= 15 is 0 Å². The number of rotatable bonds is 9. The van der Waals surface area contributed by atoms with E-state index in [-0.39, 0.29) is 22.8 Å². The number of aromatic carboxylic acids is 1. The number of sulfonamides is 1. The lowest BCUT2D eigenvalue weighted by Crippen LogP contribution is -2.27. The normalized spacial score (nSPS) is 11.3. The van der Waals surface area contributed by atoms with E-state index in [0.717, 1.165) is 6.07 Å². The average molecular weight is 316 g/mol. The monoisotopic (exact) mass is 316 g/mol. The van der Waals surface area contributed by atoms with Crippen LogP contribution in [0.4, 0.5) is 0 Å². The number of ether oxygens (including phenoxy) is 1. The SMILES string of the molecule is CCOc1ccc(S(=O)(=O)NCCCNC)cc1C(=O)O. The number of carbonyl (C=O) groups is 1. The molecule has 0 heterocycles. The van der Waals surface area contributed by atoms with E-state index in [9.17, 15) is 13.2 Å². The summed E-state index contributed by atoms with van der Waals surface area (Å²) in [6.45, 7) is 2.99. The lowest BCUT2D eigenvalue weighted by molar-refractivity contribution is 0.0692. The molecule has 0 saturated heterocycles. The maximum atomic E-state index is 12.1. The molecule has 3 N–H and O–H groups in total. The summed E-state index contributed by atoms with van der Waals surface area (Å²) in [7, 11) is -1.95. The maximum Gasteiger partial charge on any atom is 0.339 e. The Morgan fingerprint density at radius 2 is 2.05 bits per heavy atom. The summed E-state index contributed by atoms with van der Waals surface area (Å²) in [5.74, 6) is -1.08. The van der Waals surface area contributed by atoms with Crippen molar-refractivity contribution in [3.8, 4) is 5.75 Å². The Bertz CT molecular complexity index is 586. The van der Waals surface area contributed by atoms with E-state index in [1.807, 2.05) is 0 Å². The van der Waals surface area contributed by atoms with E-state index in [1.165, 1.54) is 12.1 Å². The van der Waals surface area contributed by atoms with E-state index in [0.29, 0.717) is 19.6 Å². The fourth-order valence-electron chi connectivity index (χ4n) is 1.68. The van der Waals surface area contributed by atoms with Gasteiger partial charge in [-0.05, 0) is 45.1 Å². The van der Waals surface area contributed by atoms with Gasteiger partial charge in [0.15, 0.2) is 0 Å². The summed E-state index contributed by atoms with van der Waals surface area (Å²) in [5.41, 5.74) is -0.171. The van der Waals surface area contributed by atoms with Crippen LogP contribution in [0.25, 0.3) is 0 Å². The van der Waals surface area contributed by atoms with Crippen LogP contribution in [0, 0.1) is 0 Å². The van der Waals surface area contributed by atoms with Gasteiger partial charge in [0.2, 0.25) is 10.0 Å². The molecule has 0 bridgehead atoms. The van der Waals surface area contributed by atoms with Crippen LogP contribution in [0.3, 0.4) is 0 Å². The van der Waals surface area contributed by atoms with Crippen molar-refractivity contribution in [2.45, 2.75) is 18.2 Å². The van der Waals surface area contributed by atoms with Crippen LogP contribution in [0.1, 0.15) is 23.7 Å². The van der Waals surface area contributed by atoms with Crippen molar-refractivity contribution in [3.63, 3.8) is 0 Å². The zero-order chi connectivity index (χ0) is 15.9. The quantitative estimate of drug-likeness (QED) is 0.578. The number of benzene rings is 1. The van der Waals surface area contributed by atoms with E-state index in [4.69, 9.17) is 9.84 Å². The second-order valence-corrected chi connectivity index (χ2v) is 6.02. The van der Waals surface area contributed by atoms with Gasteiger partial charge in [0.25, 0.3) is 0 Å². The fraction of sp³-hybridized carbons (Fsp3) is 0.462. The summed E-state index contributed by atoms with van der Waals surface area (Å²) in [6.07, 6.45) is 0.637. The minimum atomic E-state index is -3.73. The number of hydrogen-bond donors (Lipinski definition) is 3. The highest BCUT2D eigenvalue weighted by molar-refractivity contribution is 7.89. The topological polar surface area (TPSA) is 105 Å². The molecule has 0 fully saturated rings. The molecule has 8 heteroatoms. The first-order chi connectivity index (χ1) is 9.92. The largest absolute Gasteiger partial charge is 0.493 e. The number of carboxylic acid groups (broad SMARTS) is 1. The second kappa shape index (κ2) is 7.96. The highest BCUT2D eigenvalue weighted by Gasteiger charge is 2.19. The van der Waals surface area contributed by atoms with Crippen molar-refractivity contribution >= 4 is 16.0 Å². The Hall–Kier alpha value is -1.64. The van der Waals surface area contributed by atoms with E-state index in [1.54, 1.807) is 14.0 Å². The molecule has 118 valence electrons. The molecule has 0 amide bonds. The van der Waals surface area contributed by atoms with Crippen LogP contribution >= 0.6 is 0 Å². The molecule has 1 aromatic rings. The first-order valence-electron chi connectivity index (χ1n) is 6.56. The highest BCUT2D eigenvalue weighted by Crippen LogP contribution is 2.22. The number of carboxylic acids is 1. The molecule has 0 aromatic heterocycles. The van der Waals surface area contributed by atoms with Gasteiger partial charge in [0, 0.05) is 6.54 Å². The van der Waals surface area contributed by atoms with Crippen LogP contribution in [-0.2, 0) is 10.0 Å². The van der Waals surface area contributed by atoms with Gasteiger partial charge >= 0.3 is 5.97 Å². The number of nitrogens with one attached hydrogen (secondary N) is 2. The van der Waals surface area contributed by atoms with E-state index < -0.39 is 16.0 Å². The first kappa shape index (κ1) is 17.4. The molecule has 0 radical (unpaired) electrons. The Labute approximate surface area is 124 Å². The minimum Gasteiger partial charge on any atom is -0.493 e. The molecular formula is C13H20N2O5S. The smallest absolute Gasteiger partial charge is 0.339 e. The van der Waals surface area contributed by atoms with Crippen LogP contribution in [0.5, 0.6) is 5.75 Å². The molecule has 0 saturated carbocycles. The summed E-state index contributed by atoms with van der Waals surface area (Å²) >= 11 is 0. The molecule has 1 rings (SSSR count). The van der Waals surface area contributed by atoms with Crippen LogP contribution in [0.2, 0.25) is 0 Å². The van der Waals surface area contributed by atoms with Gasteiger partial charge in [-0.25, -0.2) is 17.9 Å². The summed E-state index contributed by atoms with van der Waals surface area (Å²) in [4.78, 5) is 11.1. The Kier molecular flexibility index (Phi) is 6.60. The Morgan fingerprint density at radius 1 is 1.33 bits per heavy atom. The molecule has 0 spiro atoms. The van der Waals surface area contributed by atoms with Crippen LogP contribution in [-0.4, -0.2) is 46.2 Å². The lowest BCUT2D eigenvalue weighted by atomic mass is 10.2. The van der Waals surface area contributed by atoms with Gasteiger partial charge in [0.1, 0.15) is 11.3 Å². The first-order valence-corrected chi connectivity index (χ1v) is 8.05. The maximum absolute atomic E-state index is 12.1. The predicted octanol–water partition coefficient (Wildman–Crippen LogP) is 0.671. The third-order valence-corrected chi connectivity index (χ3v) is 4.15. The average Bonchev–Trinajstić information content (AvgIpc) is 2.44. The molecular weight excluding hydrogens is 296 g/mol. The second-order valence-electron chi connectivity index (χ2n) is 4.25. The highest BCUT2D eigenvalue weighted by atomic mass is 32.2. The fourth-order valence-corrected chi connectivity index (χ4v) is 2.78. The van der Waals surface area contributed by atoms with Gasteiger partial charge < -0.3 is 15.2 Å². The molecule has 1 aromatic carbocycles. The van der Waals surface area contributed by atoms with Crippen molar-refractivity contribution in [2.75, 3.05) is 26.7 Å². The Balaban J connectivity index is 2.97. The predicted molar refractivity (Wildman–Crippen MR) is 78.3 cm³/mol. The molecule has 0 aliphatic carbocycles. The van der Waals surface area contributed by atoms with Gasteiger partial charge in [-0.3, -0.25) is 0 Å². The molecule has 0 atom stereocenters. The third-order valence-electron chi connectivity index (χ3n) is 2.69. The standard InChI is InChI=1S/C13H20N2O5S/c1-3-20-12-6-5-10(9-11(12)13(16)17)21(18,19)15-8-4-7-14-2/h5-6,9,14-15H,3-4,7-8H2,1-2H3,(H,16,17). The minimum absolute atomic E-state index is 0.0900. The summed E-state index contributed by atoms with van der Waals surface area (Å²) in [5, 5.41) is 12.0. The number of hydrogen-bond acceptors (Lipinski definition) is 5. The molecule has 0 aliphatic heterocycles. The van der Waals surface area contributed by atoms with Crippen molar-refractivity contribution in [2.24, 2.45) is 0 Å².